The van der Waals surface area contributed by atoms with Crippen molar-refractivity contribution in [3.63, 3.8) is 0 Å². The second kappa shape index (κ2) is 11.6. The number of carbonyl (C=O) groups excluding carboxylic acids is 1. The van der Waals surface area contributed by atoms with Crippen LogP contribution in [0.4, 0.5) is 23.2 Å². The smallest absolute Gasteiger partial charge is 0.416 e. The van der Waals surface area contributed by atoms with E-state index in [4.69, 9.17) is 4.74 Å². The zero-order chi connectivity index (χ0) is 30.1. The molecule has 220 valence electrons. The number of methoxy groups -OCH3 is 1. The van der Waals surface area contributed by atoms with Crippen molar-refractivity contribution in [1.29, 1.82) is 5.26 Å². The lowest BCUT2D eigenvalue weighted by atomic mass is 9.72. The average Bonchev–Trinajstić information content (AvgIpc) is 3.40. The maximum absolute atomic E-state index is 14.0. The van der Waals surface area contributed by atoms with Gasteiger partial charge in [-0.3, -0.25) is 9.78 Å². The number of ether oxygens (including phenoxy) is 1. The third-order valence-corrected chi connectivity index (χ3v) is 8.32. The molecule has 7 nitrogen and oxygen atoms in total. The first-order chi connectivity index (χ1) is 20.0. The fraction of sp³-hybridized carbons (Fsp3) is 0.387. The highest BCUT2D eigenvalue weighted by molar-refractivity contribution is 5.89. The molecule has 0 saturated carbocycles. The predicted molar refractivity (Wildman–Crippen MR) is 150 cm³/mol. The van der Waals surface area contributed by atoms with E-state index in [2.05, 4.69) is 15.2 Å². The van der Waals surface area contributed by atoms with Crippen molar-refractivity contribution >= 4 is 11.6 Å². The van der Waals surface area contributed by atoms with Gasteiger partial charge < -0.3 is 19.9 Å². The number of pyridine rings is 1. The van der Waals surface area contributed by atoms with Crippen LogP contribution in [0.1, 0.15) is 36.0 Å². The summed E-state index contributed by atoms with van der Waals surface area (Å²) in [7, 11) is 3.49. The standard InChI is InChI=1S/C31H31F4N5O2/c1-39-12-9-24(19-39)38-29(41)30(22-3-6-26(37-18-22)25-16-23(32)5-8-28(25)42-2)10-13-40(14-11-30)27-7-4-21(31(33,34)35)15-20(27)17-36/h3-8,15-16,18,24H,9-14,19H2,1-2H3,(H,38,41). The Hall–Kier alpha value is -4.17. The van der Waals surface area contributed by atoms with E-state index in [1.54, 1.807) is 12.3 Å². The molecule has 2 aliphatic rings. The van der Waals surface area contributed by atoms with E-state index in [1.807, 2.05) is 24.1 Å². The number of anilines is 1. The molecule has 1 N–H and O–H groups in total. The summed E-state index contributed by atoms with van der Waals surface area (Å²) in [5.41, 5.74) is 0.179. The number of piperidine rings is 1. The fourth-order valence-electron chi connectivity index (χ4n) is 5.95. The summed E-state index contributed by atoms with van der Waals surface area (Å²) >= 11 is 0. The zero-order valence-electron chi connectivity index (χ0n) is 23.3. The van der Waals surface area contributed by atoms with Crippen LogP contribution in [-0.2, 0) is 16.4 Å². The van der Waals surface area contributed by atoms with E-state index >= 15 is 0 Å². The number of amides is 1. The first-order valence-corrected chi connectivity index (χ1v) is 13.7. The molecule has 0 aliphatic carbocycles. The molecule has 1 aromatic heterocycles. The Bertz CT molecular complexity index is 1490. The Morgan fingerprint density at radius 3 is 2.48 bits per heavy atom. The molecule has 0 radical (unpaired) electrons. The number of nitriles is 1. The molecule has 1 amide bonds. The van der Waals surface area contributed by atoms with Gasteiger partial charge in [-0.1, -0.05) is 6.07 Å². The van der Waals surface area contributed by atoms with Crippen LogP contribution >= 0.6 is 0 Å². The van der Waals surface area contributed by atoms with Gasteiger partial charge in [0.2, 0.25) is 5.91 Å². The Labute approximate surface area is 241 Å². The summed E-state index contributed by atoms with van der Waals surface area (Å²) in [6.45, 7) is 2.30. The van der Waals surface area contributed by atoms with Crippen LogP contribution in [-0.4, -0.2) is 62.2 Å². The number of hydrogen-bond acceptors (Lipinski definition) is 6. The van der Waals surface area contributed by atoms with Crippen LogP contribution < -0.4 is 15.0 Å². The largest absolute Gasteiger partial charge is 0.496 e. The van der Waals surface area contributed by atoms with E-state index in [-0.39, 0.29) is 17.5 Å². The highest BCUT2D eigenvalue weighted by Crippen LogP contribution is 2.40. The molecule has 2 aromatic carbocycles. The van der Waals surface area contributed by atoms with Gasteiger partial charge in [0.25, 0.3) is 0 Å². The van der Waals surface area contributed by atoms with Crippen LogP contribution in [0.3, 0.4) is 0 Å². The normalized spacial score (nSPS) is 18.9. The number of hydrogen-bond donors (Lipinski definition) is 1. The maximum Gasteiger partial charge on any atom is 0.416 e. The number of benzene rings is 2. The van der Waals surface area contributed by atoms with Gasteiger partial charge in [0.05, 0.1) is 35.0 Å². The number of likely N-dealkylation sites (N-methyl/N-ethyl adjacent to an activating group) is 1. The van der Waals surface area contributed by atoms with Gasteiger partial charge in [-0.25, -0.2) is 4.39 Å². The number of likely N-dealkylation sites (tertiary alicyclic amines) is 1. The number of nitrogens with zero attached hydrogens (tertiary/aromatic N) is 4. The number of rotatable bonds is 6. The second-order valence-corrected chi connectivity index (χ2v) is 10.9. The number of carbonyl (C=O) groups is 1. The number of nitrogens with one attached hydrogen (secondary N) is 1. The van der Waals surface area contributed by atoms with E-state index in [0.29, 0.717) is 54.2 Å². The van der Waals surface area contributed by atoms with Crippen LogP contribution in [0.2, 0.25) is 0 Å². The van der Waals surface area contributed by atoms with Gasteiger partial charge >= 0.3 is 6.18 Å². The van der Waals surface area contributed by atoms with E-state index in [1.165, 1.54) is 31.4 Å². The summed E-state index contributed by atoms with van der Waals surface area (Å²) in [4.78, 5) is 22.6. The lowest BCUT2D eigenvalue weighted by molar-refractivity contribution is -0.137. The molecule has 2 fully saturated rings. The summed E-state index contributed by atoms with van der Waals surface area (Å²) in [6, 6.07) is 12.8. The molecule has 2 saturated heterocycles. The minimum absolute atomic E-state index is 0.00120. The summed E-state index contributed by atoms with van der Waals surface area (Å²) in [5, 5.41) is 12.8. The Kier molecular flexibility index (Phi) is 8.10. The van der Waals surface area contributed by atoms with Gasteiger partial charge in [0.1, 0.15) is 17.6 Å². The minimum atomic E-state index is -4.55. The molecule has 11 heteroatoms. The van der Waals surface area contributed by atoms with Gasteiger partial charge in [-0.15, -0.1) is 0 Å². The molecule has 2 aliphatic heterocycles. The summed E-state index contributed by atoms with van der Waals surface area (Å²) in [6.07, 6.45) is -1.37. The van der Waals surface area contributed by atoms with Crippen molar-refractivity contribution in [2.45, 2.75) is 36.9 Å². The quantitative estimate of drug-likeness (QED) is 0.406. The number of aromatic nitrogens is 1. The molecule has 0 spiro atoms. The van der Waals surface area contributed by atoms with Gasteiger partial charge in [-0.2, -0.15) is 18.4 Å². The highest BCUT2D eigenvalue weighted by atomic mass is 19.4. The van der Waals surface area contributed by atoms with Crippen LogP contribution in [0.5, 0.6) is 5.75 Å². The average molecular weight is 582 g/mol. The SMILES string of the molecule is COc1ccc(F)cc1-c1ccc(C2(C(=O)NC3CCN(C)C3)CCN(c3ccc(C(F)(F)F)cc3C#N)CC2)cn1. The molecule has 42 heavy (non-hydrogen) atoms. The highest BCUT2D eigenvalue weighted by Gasteiger charge is 2.44. The van der Waals surface area contributed by atoms with Crippen LogP contribution in [0.15, 0.2) is 54.7 Å². The van der Waals surface area contributed by atoms with Crippen molar-refractivity contribution in [2.24, 2.45) is 0 Å². The molecular formula is C31H31F4N5O2. The van der Waals surface area contributed by atoms with Crippen molar-refractivity contribution in [1.82, 2.24) is 15.2 Å². The Morgan fingerprint density at radius 2 is 1.88 bits per heavy atom. The monoisotopic (exact) mass is 581 g/mol. The van der Waals surface area contributed by atoms with Crippen molar-refractivity contribution < 1.29 is 27.1 Å². The Balaban J connectivity index is 1.45. The third-order valence-electron chi connectivity index (χ3n) is 8.32. The lowest BCUT2D eigenvalue weighted by Crippen LogP contribution is -2.54. The number of halogens is 4. The lowest BCUT2D eigenvalue weighted by Gasteiger charge is -2.42. The van der Waals surface area contributed by atoms with Gasteiger partial charge in [0.15, 0.2) is 0 Å². The molecular weight excluding hydrogens is 550 g/mol. The summed E-state index contributed by atoms with van der Waals surface area (Å²) in [5.74, 6) is -0.0951. The van der Waals surface area contributed by atoms with E-state index in [0.717, 1.165) is 31.6 Å². The number of alkyl halides is 3. The Morgan fingerprint density at radius 1 is 1.12 bits per heavy atom. The van der Waals surface area contributed by atoms with Crippen molar-refractivity contribution in [2.75, 3.05) is 45.2 Å². The van der Waals surface area contributed by atoms with Crippen LogP contribution in [0.25, 0.3) is 11.3 Å². The van der Waals surface area contributed by atoms with Crippen LogP contribution in [0, 0.1) is 17.1 Å². The molecule has 1 atom stereocenters. The van der Waals surface area contributed by atoms with E-state index < -0.39 is 23.0 Å². The predicted octanol–water partition coefficient (Wildman–Crippen LogP) is 5.15. The van der Waals surface area contributed by atoms with Gasteiger partial charge in [-0.05, 0) is 80.9 Å². The summed E-state index contributed by atoms with van der Waals surface area (Å²) < 4.78 is 59.1. The first-order valence-electron chi connectivity index (χ1n) is 13.7. The fourth-order valence-corrected chi connectivity index (χ4v) is 5.95. The molecule has 0 bridgehead atoms. The van der Waals surface area contributed by atoms with E-state index in [9.17, 15) is 27.6 Å². The minimum Gasteiger partial charge on any atom is -0.496 e. The van der Waals surface area contributed by atoms with Crippen molar-refractivity contribution in [3.05, 3.63) is 77.2 Å². The third kappa shape index (κ3) is 5.77. The molecule has 3 aromatic rings. The van der Waals surface area contributed by atoms with Crippen molar-refractivity contribution in [3.8, 4) is 23.1 Å². The maximum atomic E-state index is 14.0. The first kappa shape index (κ1) is 29.3. The second-order valence-electron chi connectivity index (χ2n) is 10.9. The molecule has 5 rings (SSSR count). The topological polar surface area (TPSA) is 81.5 Å². The molecule has 3 heterocycles. The molecule has 1 unspecified atom stereocenters. The zero-order valence-corrected chi connectivity index (χ0v) is 23.3. The van der Waals surface area contributed by atoms with Gasteiger partial charge in [0, 0.05) is 37.4 Å².